The van der Waals surface area contributed by atoms with E-state index in [0.29, 0.717) is 0 Å². The summed E-state index contributed by atoms with van der Waals surface area (Å²) in [6.45, 7) is 13.2. The highest BCUT2D eigenvalue weighted by molar-refractivity contribution is 5.73. The van der Waals surface area contributed by atoms with E-state index in [0.717, 1.165) is 49.0 Å². The van der Waals surface area contributed by atoms with Crippen LogP contribution < -0.4 is 10.6 Å². The molecule has 30 heavy (non-hydrogen) atoms. The highest BCUT2D eigenvalue weighted by atomic mass is 15.4. The Hall–Kier alpha value is -1.46. The molecule has 0 aliphatic heterocycles. The summed E-state index contributed by atoms with van der Waals surface area (Å²) in [5, 5.41) is 16.4. The molecule has 2 aromatic rings. The Labute approximate surface area is 184 Å². The fourth-order valence-corrected chi connectivity index (χ4v) is 4.20. The highest BCUT2D eigenvalue weighted by Crippen LogP contribution is 2.17. The Balaban J connectivity index is 1.98. The number of hydrogen-bond acceptors (Lipinski definition) is 4. The molecular weight excluding hydrogens is 370 g/mol. The number of rotatable bonds is 17. The summed E-state index contributed by atoms with van der Waals surface area (Å²) >= 11 is 0. The van der Waals surface area contributed by atoms with Gasteiger partial charge in [-0.15, -0.1) is 5.10 Å². The van der Waals surface area contributed by atoms with E-state index in [1.165, 1.54) is 51.4 Å². The zero-order valence-corrected chi connectivity index (χ0v) is 19.9. The molecule has 1 heterocycles. The van der Waals surface area contributed by atoms with Crippen LogP contribution in [0.1, 0.15) is 85.1 Å². The lowest BCUT2D eigenvalue weighted by molar-refractivity contribution is 0.348. The molecule has 0 amide bonds. The summed E-state index contributed by atoms with van der Waals surface area (Å²) in [6, 6.07) is 8.56. The van der Waals surface area contributed by atoms with Gasteiger partial charge in [-0.2, -0.15) is 0 Å². The lowest BCUT2D eigenvalue weighted by Gasteiger charge is -2.23. The smallest absolute Gasteiger partial charge is 0.113 e. The largest absolute Gasteiger partial charge is 0.314 e. The molecule has 0 fully saturated rings. The molecule has 0 aliphatic rings. The lowest BCUT2D eigenvalue weighted by atomic mass is 9.99. The number of para-hydroxylation sites is 1. The van der Waals surface area contributed by atoms with Gasteiger partial charge in [0.1, 0.15) is 5.52 Å². The first-order valence-electron chi connectivity index (χ1n) is 12.4. The van der Waals surface area contributed by atoms with Crippen molar-refractivity contribution in [1.82, 2.24) is 25.6 Å². The molecular formula is C25H45N5. The normalized spacial score (nSPS) is 14.8. The van der Waals surface area contributed by atoms with Crippen LogP contribution in [0.3, 0.4) is 0 Å². The summed E-state index contributed by atoms with van der Waals surface area (Å²) in [5.74, 6) is 1.54. The predicted molar refractivity (Wildman–Crippen MR) is 129 cm³/mol. The number of fused-ring (bicyclic) bond motifs is 1. The first-order chi connectivity index (χ1) is 14.7. The highest BCUT2D eigenvalue weighted by Gasteiger charge is 2.17. The summed E-state index contributed by atoms with van der Waals surface area (Å²) in [5.41, 5.74) is 2.11. The molecule has 2 atom stereocenters. The van der Waals surface area contributed by atoms with Crippen molar-refractivity contribution in [2.24, 2.45) is 11.8 Å². The Morgan fingerprint density at radius 1 is 0.800 bits per heavy atom. The maximum Gasteiger partial charge on any atom is 0.113 e. The van der Waals surface area contributed by atoms with Crippen LogP contribution in [0.25, 0.3) is 11.0 Å². The molecule has 1 aromatic heterocycles. The molecule has 2 unspecified atom stereocenters. The summed E-state index contributed by atoms with van der Waals surface area (Å²) in [4.78, 5) is 0. The minimum atomic E-state index is 0.268. The minimum Gasteiger partial charge on any atom is -0.314 e. The van der Waals surface area contributed by atoms with E-state index in [4.69, 9.17) is 0 Å². The lowest BCUT2D eigenvalue weighted by Crippen LogP contribution is -2.37. The third kappa shape index (κ3) is 7.99. The monoisotopic (exact) mass is 415 g/mol. The molecule has 0 aliphatic carbocycles. The topological polar surface area (TPSA) is 54.8 Å². The zero-order chi connectivity index (χ0) is 21.6. The van der Waals surface area contributed by atoms with Crippen LogP contribution in [0, 0.1) is 11.8 Å². The molecule has 5 nitrogen and oxygen atoms in total. The number of hydrogen-bond donors (Lipinski definition) is 2. The molecule has 2 N–H and O–H groups in total. The molecule has 1 aromatic carbocycles. The van der Waals surface area contributed by atoms with Crippen LogP contribution in [0.2, 0.25) is 0 Å². The number of nitrogens with zero attached hydrogens (tertiary/aromatic N) is 3. The quantitative estimate of drug-likeness (QED) is 0.354. The van der Waals surface area contributed by atoms with Crippen molar-refractivity contribution in [1.29, 1.82) is 0 Å². The maximum atomic E-state index is 4.52. The van der Waals surface area contributed by atoms with Gasteiger partial charge in [0, 0.05) is 13.1 Å². The first kappa shape index (κ1) is 24.8. The summed E-state index contributed by atoms with van der Waals surface area (Å²) < 4.78 is 2.12. The van der Waals surface area contributed by atoms with Crippen LogP contribution >= 0.6 is 0 Å². The fourth-order valence-electron chi connectivity index (χ4n) is 4.20. The van der Waals surface area contributed by atoms with Gasteiger partial charge in [0.25, 0.3) is 0 Å². The number of unbranched alkanes of at least 4 members (excludes halogenated alkanes) is 2. The number of benzene rings is 1. The summed E-state index contributed by atoms with van der Waals surface area (Å²) in [7, 11) is 0. The van der Waals surface area contributed by atoms with Crippen molar-refractivity contribution in [3.8, 4) is 0 Å². The average molecular weight is 416 g/mol. The van der Waals surface area contributed by atoms with Crippen LogP contribution in [0.4, 0.5) is 0 Å². The molecule has 0 radical (unpaired) electrons. The maximum absolute atomic E-state index is 4.52. The van der Waals surface area contributed by atoms with E-state index < -0.39 is 0 Å². The van der Waals surface area contributed by atoms with Gasteiger partial charge in [-0.25, -0.2) is 4.68 Å². The molecule has 5 heteroatoms. The average Bonchev–Trinajstić information content (AvgIpc) is 3.21. The van der Waals surface area contributed by atoms with Gasteiger partial charge in [0.2, 0.25) is 0 Å². The van der Waals surface area contributed by atoms with Gasteiger partial charge in [-0.05, 0) is 49.9 Å². The van der Waals surface area contributed by atoms with Crippen molar-refractivity contribution < 1.29 is 0 Å². The Bertz CT molecular complexity index is 661. The van der Waals surface area contributed by atoms with E-state index in [1.54, 1.807) is 0 Å². The van der Waals surface area contributed by atoms with Gasteiger partial charge >= 0.3 is 0 Å². The zero-order valence-electron chi connectivity index (χ0n) is 19.9. The second-order valence-corrected chi connectivity index (χ2v) is 8.83. The van der Waals surface area contributed by atoms with Crippen molar-refractivity contribution in [2.75, 3.05) is 26.2 Å². The number of aromatic nitrogens is 3. The van der Waals surface area contributed by atoms with E-state index in [9.17, 15) is 0 Å². The van der Waals surface area contributed by atoms with Crippen LogP contribution in [0.15, 0.2) is 24.3 Å². The second kappa shape index (κ2) is 14.5. The van der Waals surface area contributed by atoms with Crippen LogP contribution in [0.5, 0.6) is 0 Å². The molecule has 2 rings (SSSR count). The van der Waals surface area contributed by atoms with Gasteiger partial charge in [-0.3, -0.25) is 0 Å². The predicted octanol–water partition coefficient (Wildman–Crippen LogP) is 5.58. The Morgan fingerprint density at radius 3 is 1.90 bits per heavy atom. The van der Waals surface area contributed by atoms with Crippen molar-refractivity contribution in [3.63, 3.8) is 0 Å². The molecule has 0 bridgehead atoms. The fraction of sp³-hybridized carbons (Fsp3) is 0.760. The first-order valence-corrected chi connectivity index (χ1v) is 12.4. The standard InChI is InChI=1S/C25H45N5/c1-5-9-13-21(7-3)17-26-19-23(20-27-18-22(8-4)14-10-6-2)30-25-16-12-11-15-24(25)28-29-30/h11-12,15-16,21-23,26-27H,5-10,13-14,17-20H2,1-4H3. The van der Waals surface area contributed by atoms with Crippen LogP contribution in [-0.2, 0) is 0 Å². The van der Waals surface area contributed by atoms with E-state index in [-0.39, 0.29) is 6.04 Å². The molecule has 0 saturated heterocycles. The van der Waals surface area contributed by atoms with Crippen molar-refractivity contribution >= 4 is 11.0 Å². The van der Waals surface area contributed by atoms with Gasteiger partial charge in [-0.1, -0.05) is 83.6 Å². The third-order valence-electron chi connectivity index (χ3n) is 6.44. The van der Waals surface area contributed by atoms with Gasteiger partial charge in [0.05, 0.1) is 11.6 Å². The Morgan fingerprint density at radius 2 is 1.37 bits per heavy atom. The Kier molecular flexibility index (Phi) is 12.0. The van der Waals surface area contributed by atoms with E-state index in [1.807, 2.05) is 12.1 Å². The van der Waals surface area contributed by atoms with Crippen molar-refractivity contribution in [3.05, 3.63) is 24.3 Å². The van der Waals surface area contributed by atoms with E-state index >= 15 is 0 Å². The number of nitrogens with one attached hydrogen (secondary N) is 2. The van der Waals surface area contributed by atoms with E-state index in [2.05, 4.69) is 65.5 Å². The molecule has 0 spiro atoms. The third-order valence-corrected chi connectivity index (χ3v) is 6.44. The van der Waals surface area contributed by atoms with Gasteiger partial charge < -0.3 is 10.6 Å². The second-order valence-electron chi connectivity index (χ2n) is 8.83. The van der Waals surface area contributed by atoms with Crippen LogP contribution in [-0.4, -0.2) is 41.2 Å². The summed E-state index contributed by atoms with van der Waals surface area (Å²) in [6.07, 6.45) is 10.4. The minimum absolute atomic E-state index is 0.268. The molecule has 170 valence electrons. The molecule has 0 saturated carbocycles. The van der Waals surface area contributed by atoms with Crippen molar-refractivity contribution in [2.45, 2.75) is 85.1 Å². The van der Waals surface area contributed by atoms with Gasteiger partial charge in [0.15, 0.2) is 0 Å². The SMILES string of the molecule is CCCCC(CC)CNCC(CNCC(CC)CCCC)n1nnc2ccccc21.